The fourth-order valence-corrected chi connectivity index (χ4v) is 1.57. The number of nitriles is 1. The summed E-state index contributed by atoms with van der Waals surface area (Å²) in [5, 5.41) is 19.5. The zero-order valence-electron chi connectivity index (χ0n) is 10.2. The van der Waals surface area contributed by atoms with Crippen LogP contribution in [0, 0.1) is 28.4 Å². The summed E-state index contributed by atoms with van der Waals surface area (Å²) >= 11 is 0. The van der Waals surface area contributed by atoms with Gasteiger partial charge in [0.05, 0.1) is 10.5 Å². The number of non-ortho nitro benzene ring substituents is 1. The van der Waals surface area contributed by atoms with Crippen LogP contribution in [0.5, 0.6) is 11.5 Å². The Kier molecular flexibility index (Phi) is 3.44. The van der Waals surface area contributed by atoms with Crippen molar-refractivity contribution >= 4 is 5.69 Å². The SMILES string of the molecule is Cc1ccc(C#N)c(Oc2ccc([N+](=O)[O-])cc2)c1. The Morgan fingerprint density at radius 3 is 2.47 bits per heavy atom. The fraction of sp³-hybridized carbons (Fsp3) is 0.0714. The molecule has 5 nitrogen and oxygen atoms in total. The van der Waals surface area contributed by atoms with E-state index in [1.165, 1.54) is 24.3 Å². The lowest BCUT2D eigenvalue weighted by molar-refractivity contribution is -0.384. The standard InChI is InChI=1S/C14H10N2O3/c1-10-2-3-11(9-15)14(8-10)19-13-6-4-12(5-7-13)16(17)18/h2-8H,1H3. The quantitative estimate of drug-likeness (QED) is 0.619. The highest BCUT2D eigenvalue weighted by atomic mass is 16.6. The third kappa shape index (κ3) is 2.87. The summed E-state index contributed by atoms with van der Waals surface area (Å²) in [7, 11) is 0. The molecule has 0 fully saturated rings. The molecule has 0 aromatic heterocycles. The maximum atomic E-state index is 10.5. The Balaban J connectivity index is 2.28. The predicted octanol–water partition coefficient (Wildman–Crippen LogP) is 3.57. The summed E-state index contributed by atoms with van der Waals surface area (Å²) in [4.78, 5) is 10.1. The van der Waals surface area contributed by atoms with Gasteiger partial charge in [0.25, 0.3) is 5.69 Å². The van der Waals surface area contributed by atoms with Gasteiger partial charge < -0.3 is 4.74 Å². The molecule has 0 unspecified atom stereocenters. The largest absolute Gasteiger partial charge is 0.456 e. The van der Waals surface area contributed by atoms with Crippen LogP contribution in [-0.4, -0.2) is 4.92 Å². The second-order valence-corrected chi connectivity index (χ2v) is 3.96. The van der Waals surface area contributed by atoms with Crippen molar-refractivity contribution in [1.82, 2.24) is 0 Å². The summed E-state index contributed by atoms with van der Waals surface area (Å²) in [5.74, 6) is 0.893. The second-order valence-electron chi connectivity index (χ2n) is 3.96. The van der Waals surface area contributed by atoms with E-state index in [9.17, 15) is 10.1 Å². The Bertz CT molecular complexity index is 657. The van der Waals surface area contributed by atoms with Crippen LogP contribution in [0.2, 0.25) is 0 Å². The number of ether oxygens (including phenoxy) is 1. The molecule has 0 saturated heterocycles. The molecule has 0 aliphatic heterocycles. The summed E-state index contributed by atoms with van der Waals surface area (Å²) in [6.07, 6.45) is 0. The average Bonchev–Trinajstić information content (AvgIpc) is 2.39. The van der Waals surface area contributed by atoms with Crippen molar-refractivity contribution in [3.63, 3.8) is 0 Å². The van der Waals surface area contributed by atoms with E-state index in [2.05, 4.69) is 0 Å². The third-order valence-electron chi connectivity index (χ3n) is 2.53. The molecule has 2 rings (SSSR count). The van der Waals surface area contributed by atoms with Crippen LogP contribution < -0.4 is 4.74 Å². The first kappa shape index (κ1) is 12.6. The van der Waals surface area contributed by atoms with Crippen LogP contribution in [0.15, 0.2) is 42.5 Å². The van der Waals surface area contributed by atoms with E-state index in [-0.39, 0.29) is 5.69 Å². The number of nitro benzene ring substituents is 1. The molecule has 0 bridgehead atoms. The molecular weight excluding hydrogens is 244 g/mol. The van der Waals surface area contributed by atoms with Gasteiger partial charge in [-0.15, -0.1) is 0 Å². The maximum absolute atomic E-state index is 10.5. The third-order valence-corrected chi connectivity index (χ3v) is 2.53. The van der Waals surface area contributed by atoms with Gasteiger partial charge in [-0.25, -0.2) is 0 Å². The number of benzene rings is 2. The topological polar surface area (TPSA) is 76.2 Å². The Morgan fingerprint density at radius 2 is 1.89 bits per heavy atom. The highest BCUT2D eigenvalue weighted by molar-refractivity contribution is 5.48. The number of aryl methyl sites for hydroxylation is 1. The maximum Gasteiger partial charge on any atom is 0.269 e. The summed E-state index contributed by atoms with van der Waals surface area (Å²) in [6, 6.07) is 13.0. The van der Waals surface area contributed by atoms with E-state index in [1.54, 1.807) is 12.1 Å². The molecule has 0 spiro atoms. The van der Waals surface area contributed by atoms with Gasteiger partial charge in [0, 0.05) is 12.1 Å². The molecule has 0 aliphatic rings. The first-order chi connectivity index (χ1) is 9.10. The van der Waals surface area contributed by atoms with Crippen molar-refractivity contribution in [3.8, 4) is 17.6 Å². The molecular formula is C14H10N2O3. The first-order valence-electron chi connectivity index (χ1n) is 5.53. The van der Waals surface area contributed by atoms with Crippen molar-refractivity contribution in [1.29, 1.82) is 5.26 Å². The van der Waals surface area contributed by atoms with Gasteiger partial charge in [0.15, 0.2) is 0 Å². The van der Waals surface area contributed by atoms with Crippen LogP contribution in [0.1, 0.15) is 11.1 Å². The van der Waals surface area contributed by atoms with Gasteiger partial charge >= 0.3 is 0 Å². The lowest BCUT2D eigenvalue weighted by atomic mass is 10.1. The first-order valence-corrected chi connectivity index (χ1v) is 5.53. The van der Waals surface area contributed by atoms with E-state index in [4.69, 9.17) is 10.00 Å². The minimum Gasteiger partial charge on any atom is -0.456 e. The van der Waals surface area contributed by atoms with E-state index in [0.29, 0.717) is 17.1 Å². The van der Waals surface area contributed by atoms with Gasteiger partial charge in [0.2, 0.25) is 0 Å². The summed E-state index contributed by atoms with van der Waals surface area (Å²) in [6.45, 7) is 1.89. The summed E-state index contributed by atoms with van der Waals surface area (Å²) in [5.41, 5.74) is 1.39. The summed E-state index contributed by atoms with van der Waals surface area (Å²) < 4.78 is 5.57. The molecule has 5 heteroatoms. The molecule has 94 valence electrons. The Labute approximate surface area is 109 Å². The van der Waals surface area contributed by atoms with Crippen molar-refractivity contribution < 1.29 is 9.66 Å². The molecule has 0 amide bonds. The van der Waals surface area contributed by atoms with Crippen molar-refractivity contribution in [3.05, 3.63) is 63.7 Å². The number of rotatable bonds is 3. The van der Waals surface area contributed by atoms with Crippen LogP contribution in [0.4, 0.5) is 5.69 Å². The minimum atomic E-state index is -0.475. The van der Waals surface area contributed by atoms with E-state index < -0.39 is 4.92 Å². The van der Waals surface area contributed by atoms with Gasteiger partial charge in [-0.2, -0.15) is 5.26 Å². The van der Waals surface area contributed by atoms with Crippen LogP contribution in [0.25, 0.3) is 0 Å². The number of nitrogens with zero attached hydrogens (tertiary/aromatic N) is 2. The normalized spacial score (nSPS) is 9.68. The zero-order chi connectivity index (χ0) is 13.8. The van der Waals surface area contributed by atoms with Gasteiger partial charge in [0.1, 0.15) is 17.6 Å². The second kappa shape index (κ2) is 5.19. The number of hydrogen-bond acceptors (Lipinski definition) is 4. The lowest BCUT2D eigenvalue weighted by Crippen LogP contribution is -1.91. The average molecular weight is 254 g/mol. The fourth-order valence-electron chi connectivity index (χ4n) is 1.57. The molecule has 19 heavy (non-hydrogen) atoms. The molecule has 2 aromatic carbocycles. The van der Waals surface area contributed by atoms with E-state index in [1.807, 2.05) is 19.1 Å². The van der Waals surface area contributed by atoms with Crippen molar-refractivity contribution in [2.24, 2.45) is 0 Å². The highest BCUT2D eigenvalue weighted by Gasteiger charge is 2.07. The van der Waals surface area contributed by atoms with Gasteiger partial charge in [-0.3, -0.25) is 10.1 Å². The predicted molar refractivity (Wildman–Crippen MR) is 69.1 cm³/mol. The Hall–Kier alpha value is -2.87. The lowest BCUT2D eigenvalue weighted by Gasteiger charge is -2.07. The molecule has 2 aromatic rings. The van der Waals surface area contributed by atoms with Gasteiger partial charge in [-0.1, -0.05) is 6.07 Å². The zero-order valence-corrected chi connectivity index (χ0v) is 10.2. The van der Waals surface area contributed by atoms with Crippen LogP contribution >= 0.6 is 0 Å². The monoisotopic (exact) mass is 254 g/mol. The van der Waals surface area contributed by atoms with Crippen LogP contribution in [-0.2, 0) is 0 Å². The van der Waals surface area contributed by atoms with E-state index >= 15 is 0 Å². The van der Waals surface area contributed by atoms with Crippen LogP contribution in [0.3, 0.4) is 0 Å². The van der Waals surface area contributed by atoms with Gasteiger partial charge in [-0.05, 0) is 36.8 Å². The molecule has 0 heterocycles. The van der Waals surface area contributed by atoms with Crippen molar-refractivity contribution in [2.75, 3.05) is 0 Å². The highest BCUT2D eigenvalue weighted by Crippen LogP contribution is 2.27. The number of nitro groups is 1. The smallest absolute Gasteiger partial charge is 0.269 e. The minimum absolute atomic E-state index is 0.00269. The molecule has 0 radical (unpaired) electrons. The Morgan fingerprint density at radius 1 is 1.21 bits per heavy atom. The molecule has 0 N–H and O–H groups in total. The molecule has 0 saturated carbocycles. The van der Waals surface area contributed by atoms with Crippen molar-refractivity contribution in [2.45, 2.75) is 6.92 Å². The number of hydrogen-bond donors (Lipinski definition) is 0. The molecule has 0 atom stereocenters. The van der Waals surface area contributed by atoms with E-state index in [0.717, 1.165) is 5.56 Å². The molecule has 0 aliphatic carbocycles.